The maximum absolute atomic E-state index is 13.3. The zero-order valence-corrected chi connectivity index (χ0v) is 19.8. The molecule has 1 aliphatic carbocycles. The van der Waals surface area contributed by atoms with E-state index >= 15 is 0 Å². The van der Waals surface area contributed by atoms with Crippen molar-refractivity contribution in [2.75, 3.05) is 0 Å². The number of aryl methyl sites for hydroxylation is 2. The first-order valence-corrected chi connectivity index (χ1v) is 11.9. The summed E-state index contributed by atoms with van der Waals surface area (Å²) < 4.78 is 0. The minimum atomic E-state index is -1.64. The van der Waals surface area contributed by atoms with Crippen molar-refractivity contribution in [3.8, 4) is 0 Å². The molecule has 7 heteroatoms. The molecule has 1 unspecified atom stereocenters. The van der Waals surface area contributed by atoms with Crippen molar-refractivity contribution in [3.63, 3.8) is 0 Å². The fourth-order valence-corrected chi connectivity index (χ4v) is 4.58. The molecule has 0 heterocycles. The lowest BCUT2D eigenvalue weighted by Gasteiger charge is -2.24. The number of carbonyl (C=O) groups is 2. The Hall–Kier alpha value is -2.64. The first-order valence-electron chi connectivity index (χ1n) is 11.9. The summed E-state index contributed by atoms with van der Waals surface area (Å²) in [4.78, 5) is 26.2. The molecule has 0 aliphatic heterocycles. The van der Waals surface area contributed by atoms with Gasteiger partial charge in [0.25, 0.3) is 5.91 Å². The Morgan fingerprint density at radius 2 is 1.76 bits per heavy atom. The van der Waals surface area contributed by atoms with Crippen LogP contribution in [0.4, 0.5) is 0 Å². The molecule has 176 valence electrons. The van der Waals surface area contributed by atoms with Crippen LogP contribution in [0.25, 0.3) is 0 Å². The monoisotopic (exact) mass is 450 g/mol. The third kappa shape index (κ3) is 6.92. The molecule has 0 aromatic heterocycles. The van der Waals surface area contributed by atoms with Gasteiger partial charge in [0.1, 0.15) is 0 Å². The standard InChI is InChI=1S/C26H35BN2O4/c1-17(2)14-24(27(32)33)29-25(30)16-23(20-11-6-8-18(3)15-20)28-26(31)22-13-7-10-19-9-4-5-12-21(19)22/h6-8,10-11,13,15,17,23-24,32-33H,4-5,9,12,14,16H2,1-3H3,(H,28,31)(H,29,30)/t23?,24-/m0/s1. The van der Waals surface area contributed by atoms with E-state index in [1.807, 2.05) is 57.2 Å². The van der Waals surface area contributed by atoms with E-state index in [4.69, 9.17) is 0 Å². The van der Waals surface area contributed by atoms with Gasteiger partial charge in [0, 0.05) is 5.56 Å². The molecule has 6 nitrogen and oxygen atoms in total. The van der Waals surface area contributed by atoms with Crippen LogP contribution in [-0.2, 0) is 17.6 Å². The average Bonchev–Trinajstić information content (AvgIpc) is 2.77. The van der Waals surface area contributed by atoms with Gasteiger partial charge in [-0.15, -0.1) is 0 Å². The number of nitrogens with one attached hydrogen (secondary N) is 2. The molecule has 0 spiro atoms. The highest BCUT2D eigenvalue weighted by Crippen LogP contribution is 2.26. The van der Waals surface area contributed by atoms with Crippen molar-refractivity contribution in [1.29, 1.82) is 0 Å². The summed E-state index contributed by atoms with van der Waals surface area (Å²) in [6, 6.07) is 13.1. The van der Waals surface area contributed by atoms with Gasteiger partial charge < -0.3 is 20.7 Å². The summed E-state index contributed by atoms with van der Waals surface area (Å²) >= 11 is 0. The van der Waals surface area contributed by atoms with Crippen LogP contribution in [0.15, 0.2) is 42.5 Å². The minimum absolute atomic E-state index is 0.00549. The Kier molecular flexibility index (Phi) is 8.70. The summed E-state index contributed by atoms with van der Waals surface area (Å²) in [5.74, 6) is -1.09. The second kappa shape index (κ2) is 11.5. The smallest absolute Gasteiger partial charge is 0.426 e. The van der Waals surface area contributed by atoms with Gasteiger partial charge in [-0.2, -0.15) is 0 Å². The van der Waals surface area contributed by atoms with Gasteiger partial charge in [-0.3, -0.25) is 9.59 Å². The lowest BCUT2D eigenvalue weighted by Crippen LogP contribution is -2.48. The lowest BCUT2D eigenvalue weighted by molar-refractivity contribution is -0.122. The van der Waals surface area contributed by atoms with Crippen molar-refractivity contribution < 1.29 is 19.6 Å². The third-order valence-corrected chi connectivity index (χ3v) is 6.21. The van der Waals surface area contributed by atoms with Crippen LogP contribution < -0.4 is 10.6 Å². The molecule has 1 aliphatic rings. The fourth-order valence-electron chi connectivity index (χ4n) is 4.58. The van der Waals surface area contributed by atoms with Crippen LogP contribution in [0.2, 0.25) is 0 Å². The molecule has 33 heavy (non-hydrogen) atoms. The highest BCUT2D eigenvalue weighted by Gasteiger charge is 2.28. The molecular weight excluding hydrogens is 415 g/mol. The SMILES string of the molecule is Cc1cccc(C(CC(=O)N[C@@H](CC(C)C)B(O)O)NC(=O)c2cccc3c2CCCC3)c1. The predicted octanol–water partition coefficient (Wildman–Crippen LogP) is 3.28. The van der Waals surface area contributed by atoms with Gasteiger partial charge in [0.2, 0.25) is 5.91 Å². The van der Waals surface area contributed by atoms with Crippen LogP contribution in [-0.4, -0.2) is 34.9 Å². The highest BCUT2D eigenvalue weighted by molar-refractivity contribution is 6.43. The van der Waals surface area contributed by atoms with Gasteiger partial charge in [-0.1, -0.05) is 55.8 Å². The molecule has 0 radical (unpaired) electrons. The Bertz CT molecular complexity index is 977. The summed E-state index contributed by atoms with van der Waals surface area (Å²) in [5, 5.41) is 25.2. The molecule has 2 amide bonds. The Morgan fingerprint density at radius 1 is 1.03 bits per heavy atom. The maximum Gasteiger partial charge on any atom is 0.475 e. The van der Waals surface area contributed by atoms with Gasteiger partial charge in [-0.25, -0.2) is 0 Å². The van der Waals surface area contributed by atoms with E-state index in [1.165, 1.54) is 5.56 Å². The molecule has 2 aromatic carbocycles. The van der Waals surface area contributed by atoms with E-state index in [-0.39, 0.29) is 24.2 Å². The van der Waals surface area contributed by atoms with Crippen molar-refractivity contribution >= 4 is 18.9 Å². The van der Waals surface area contributed by atoms with Gasteiger partial charge in [0.15, 0.2) is 0 Å². The largest absolute Gasteiger partial charge is 0.475 e. The Balaban J connectivity index is 1.81. The minimum Gasteiger partial charge on any atom is -0.426 e. The van der Waals surface area contributed by atoms with E-state index in [1.54, 1.807) is 0 Å². The molecule has 0 bridgehead atoms. The summed E-state index contributed by atoms with van der Waals surface area (Å²) in [7, 11) is -1.64. The Labute approximate surface area is 196 Å². The van der Waals surface area contributed by atoms with E-state index in [0.29, 0.717) is 12.0 Å². The topological polar surface area (TPSA) is 98.7 Å². The molecule has 2 aromatic rings. The number of amides is 2. The van der Waals surface area contributed by atoms with E-state index in [9.17, 15) is 19.6 Å². The van der Waals surface area contributed by atoms with Crippen molar-refractivity contribution in [2.24, 2.45) is 5.92 Å². The van der Waals surface area contributed by atoms with Gasteiger partial charge in [0.05, 0.1) is 18.4 Å². The van der Waals surface area contributed by atoms with Crippen LogP contribution in [0.5, 0.6) is 0 Å². The fraction of sp³-hybridized carbons (Fsp3) is 0.462. The van der Waals surface area contributed by atoms with E-state index in [2.05, 4.69) is 16.7 Å². The summed E-state index contributed by atoms with van der Waals surface area (Å²) in [6.07, 6.45) is 4.54. The quantitative estimate of drug-likeness (QED) is 0.441. The van der Waals surface area contributed by atoms with Crippen molar-refractivity contribution in [2.45, 2.75) is 71.3 Å². The van der Waals surface area contributed by atoms with Crippen molar-refractivity contribution in [3.05, 3.63) is 70.3 Å². The number of hydrogen-bond acceptors (Lipinski definition) is 4. The second-order valence-corrected chi connectivity index (χ2v) is 9.51. The second-order valence-electron chi connectivity index (χ2n) is 9.51. The van der Waals surface area contributed by atoms with Crippen LogP contribution in [0, 0.1) is 12.8 Å². The molecule has 4 N–H and O–H groups in total. The number of fused-ring (bicyclic) bond motifs is 1. The first kappa shape index (κ1) is 25.0. The third-order valence-electron chi connectivity index (χ3n) is 6.21. The zero-order chi connectivity index (χ0) is 24.0. The number of carbonyl (C=O) groups excluding carboxylic acids is 2. The summed E-state index contributed by atoms with van der Waals surface area (Å²) in [6.45, 7) is 5.88. The molecular formula is C26H35BN2O4. The molecule has 3 rings (SSSR count). The lowest BCUT2D eigenvalue weighted by atomic mass is 9.75. The van der Waals surface area contributed by atoms with Crippen molar-refractivity contribution in [1.82, 2.24) is 10.6 Å². The molecule has 0 fully saturated rings. The van der Waals surface area contributed by atoms with E-state index in [0.717, 1.165) is 42.4 Å². The van der Waals surface area contributed by atoms with Gasteiger partial charge in [-0.05, 0) is 67.7 Å². The van der Waals surface area contributed by atoms with Crippen LogP contribution in [0.3, 0.4) is 0 Å². The number of benzene rings is 2. The molecule has 0 saturated carbocycles. The van der Waals surface area contributed by atoms with Crippen LogP contribution >= 0.6 is 0 Å². The van der Waals surface area contributed by atoms with Crippen LogP contribution in [0.1, 0.15) is 78.2 Å². The molecule has 0 saturated heterocycles. The number of hydrogen-bond donors (Lipinski definition) is 4. The zero-order valence-electron chi connectivity index (χ0n) is 19.8. The Morgan fingerprint density at radius 3 is 2.45 bits per heavy atom. The summed E-state index contributed by atoms with van der Waals surface area (Å²) in [5.41, 5.74) is 4.89. The first-order chi connectivity index (χ1) is 15.7. The number of rotatable bonds is 9. The van der Waals surface area contributed by atoms with E-state index < -0.39 is 19.1 Å². The maximum atomic E-state index is 13.3. The van der Waals surface area contributed by atoms with Gasteiger partial charge >= 0.3 is 7.12 Å². The molecule has 2 atom stereocenters. The highest BCUT2D eigenvalue weighted by atomic mass is 16.4. The predicted molar refractivity (Wildman–Crippen MR) is 131 cm³/mol. The average molecular weight is 450 g/mol. The normalized spacial score (nSPS) is 14.8.